The van der Waals surface area contributed by atoms with Gasteiger partial charge < -0.3 is 0 Å². The van der Waals surface area contributed by atoms with E-state index in [1.54, 1.807) is 0 Å². The second-order valence-corrected chi connectivity index (χ2v) is 5.91. The fourth-order valence-corrected chi connectivity index (χ4v) is 2.71. The molecule has 2 aromatic carbocycles. The highest BCUT2D eigenvalue weighted by Crippen LogP contribution is 2.25. The largest absolute Gasteiger partial charge is 0.274 e. The first-order chi connectivity index (χ1) is 10.2. The van der Waals surface area contributed by atoms with E-state index in [-0.39, 0.29) is 5.56 Å². The number of rotatable bonds is 3. The Morgan fingerprint density at radius 3 is 2.38 bits per heavy atom. The Morgan fingerprint density at radius 2 is 1.71 bits per heavy atom. The molecule has 1 aromatic heterocycles. The quantitative estimate of drug-likeness (QED) is 0.658. The molecule has 3 nitrogen and oxygen atoms in total. The molecular formula is C16H12BrClN2O. The number of fused-ring (bicyclic) bond motifs is 1. The van der Waals surface area contributed by atoms with Crippen molar-refractivity contribution in [3.8, 4) is 11.3 Å². The van der Waals surface area contributed by atoms with E-state index in [0.717, 1.165) is 21.1 Å². The lowest BCUT2D eigenvalue weighted by atomic mass is 10.1. The minimum Gasteiger partial charge on any atom is -0.267 e. The van der Waals surface area contributed by atoms with Gasteiger partial charge in [0.1, 0.15) is 0 Å². The summed E-state index contributed by atoms with van der Waals surface area (Å²) in [6.07, 6.45) is 0. The molecule has 3 aromatic rings. The first-order valence-corrected chi connectivity index (χ1v) is 7.85. The topological polar surface area (TPSA) is 34.9 Å². The molecule has 1 heterocycles. The summed E-state index contributed by atoms with van der Waals surface area (Å²) >= 11 is 9.20. The highest BCUT2D eigenvalue weighted by atomic mass is 79.9. The molecule has 0 atom stereocenters. The molecule has 0 unspecified atom stereocenters. The summed E-state index contributed by atoms with van der Waals surface area (Å²) in [6.45, 7) is 0.398. The van der Waals surface area contributed by atoms with Crippen LogP contribution in [0.1, 0.15) is 0 Å². The van der Waals surface area contributed by atoms with Crippen molar-refractivity contribution < 1.29 is 0 Å². The van der Waals surface area contributed by atoms with Gasteiger partial charge in [-0.05, 0) is 18.2 Å². The lowest BCUT2D eigenvalue weighted by Crippen LogP contribution is -2.24. The van der Waals surface area contributed by atoms with Gasteiger partial charge in [-0.15, -0.1) is 11.6 Å². The van der Waals surface area contributed by atoms with Gasteiger partial charge in [0, 0.05) is 21.3 Å². The smallest absolute Gasteiger partial charge is 0.267 e. The molecule has 0 bridgehead atoms. The third-order valence-corrected chi connectivity index (χ3v) is 3.98. The third-order valence-electron chi connectivity index (χ3n) is 3.28. The van der Waals surface area contributed by atoms with Crippen LogP contribution < -0.4 is 5.56 Å². The fourth-order valence-electron chi connectivity index (χ4n) is 2.29. The molecule has 0 N–H and O–H groups in total. The second kappa shape index (κ2) is 6.00. The molecule has 0 amide bonds. The Morgan fingerprint density at radius 1 is 1.05 bits per heavy atom. The highest BCUT2D eigenvalue weighted by molar-refractivity contribution is 9.10. The van der Waals surface area contributed by atoms with E-state index in [2.05, 4.69) is 21.0 Å². The number of hydrogen-bond donors (Lipinski definition) is 0. The number of halogens is 2. The van der Waals surface area contributed by atoms with E-state index in [9.17, 15) is 4.79 Å². The zero-order valence-corrected chi connectivity index (χ0v) is 13.4. The van der Waals surface area contributed by atoms with Crippen LogP contribution in [0.25, 0.3) is 22.0 Å². The summed E-state index contributed by atoms with van der Waals surface area (Å²) < 4.78 is 2.44. The summed E-state index contributed by atoms with van der Waals surface area (Å²) in [5.74, 6) is 0.352. The molecule has 21 heavy (non-hydrogen) atoms. The van der Waals surface area contributed by atoms with E-state index in [4.69, 9.17) is 11.6 Å². The molecule has 0 aliphatic carbocycles. The van der Waals surface area contributed by atoms with E-state index in [1.165, 1.54) is 4.68 Å². The number of aryl methyl sites for hydroxylation is 1. The van der Waals surface area contributed by atoms with Crippen molar-refractivity contribution in [1.29, 1.82) is 0 Å². The fraction of sp³-hybridized carbons (Fsp3) is 0.125. The van der Waals surface area contributed by atoms with Gasteiger partial charge in [-0.3, -0.25) is 4.79 Å². The predicted molar refractivity (Wildman–Crippen MR) is 89.9 cm³/mol. The van der Waals surface area contributed by atoms with E-state index in [1.807, 2.05) is 48.5 Å². The standard InChI is InChI=1S/C16H12BrClN2O/c17-12-7-5-11(6-8-12)15-13-3-1-2-4-14(13)16(21)20(19-15)10-9-18/h1-8H,9-10H2. The summed E-state index contributed by atoms with van der Waals surface area (Å²) in [5.41, 5.74) is 1.66. The van der Waals surface area contributed by atoms with E-state index >= 15 is 0 Å². The van der Waals surface area contributed by atoms with Crippen LogP contribution in [0, 0.1) is 0 Å². The van der Waals surface area contributed by atoms with E-state index in [0.29, 0.717) is 17.8 Å². The molecule has 0 saturated carbocycles. The van der Waals surface area contributed by atoms with Crippen LogP contribution in [0.3, 0.4) is 0 Å². The van der Waals surface area contributed by atoms with Gasteiger partial charge in [0.05, 0.1) is 17.6 Å². The molecule has 106 valence electrons. The van der Waals surface area contributed by atoms with Gasteiger partial charge in [-0.2, -0.15) is 5.10 Å². The maximum absolute atomic E-state index is 12.4. The number of hydrogen-bond acceptors (Lipinski definition) is 2. The minimum atomic E-state index is -0.105. The zero-order chi connectivity index (χ0) is 14.8. The Labute approximate surface area is 135 Å². The van der Waals surface area contributed by atoms with Crippen molar-refractivity contribution in [2.24, 2.45) is 0 Å². The lowest BCUT2D eigenvalue weighted by Gasteiger charge is -2.10. The van der Waals surface area contributed by atoms with Gasteiger partial charge in [0.25, 0.3) is 5.56 Å². The first kappa shape index (κ1) is 14.3. The van der Waals surface area contributed by atoms with Crippen LogP contribution in [-0.4, -0.2) is 15.7 Å². The van der Waals surface area contributed by atoms with Crippen molar-refractivity contribution in [2.45, 2.75) is 6.54 Å². The van der Waals surface area contributed by atoms with Crippen molar-refractivity contribution >= 4 is 38.3 Å². The molecule has 0 spiro atoms. The average Bonchev–Trinajstić information content (AvgIpc) is 2.51. The molecule has 0 saturated heterocycles. The van der Waals surface area contributed by atoms with Crippen LogP contribution in [0.5, 0.6) is 0 Å². The number of benzene rings is 2. The van der Waals surface area contributed by atoms with Crippen molar-refractivity contribution in [2.75, 3.05) is 5.88 Å². The lowest BCUT2D eigenvalue weighted by molar-refractivity contribution is 0.630. The maximum atomic E-state index is 12.4. The van der Waals surface area contributed by atoms with Crippen LogP contribution in [0.2, 0.25) is 0 Å². The third kappa shape index (κ3) is 2.74. The molecule has 0 fully saturated rings. The Balaban J connectivity index is 2.33. The second-order valence-electron chi connectivity index (χ2n) is 4.62. The number of aromatic nitrogens is 2. The Hall–Kier alpha value is -1.65. The molecule has 0 aliphatic rings. The predicted octanol–water partition coefficient (Wildman–Crippen LogP) is 4.06. The summed E-state index contributed by atoms with van der Waals surface area (Å²) in [4.78, 5) is 12.4. The molecule has 3 rings (SSSR count). The van der Waals surface area contributed by atoms with Crippen LogP contribution >= 0.6 is 27.5 Å². The van der Waals surface area contributed by atoms with Crippen molar-refractivity contribution in [1.82, 2.24) is 9.78 Å². The molecule has 0 radical (unpaired) electrons. The van der Waals surface area contributed by atoms with Crippen LogP contribution in [0.4, 0.5) is 0 Å². The van der Waals surface area contributed by atoms with Crippen molar-refractivity contribution in [3.63, 3.8) is 0 Å². The van der Waals surface area contributed by atoms with Gasteiger partial charge in [-0.25, -0.2) is 4.68 Å². The summed E-state index contributed by atoms with van der Waals surface area (Å²) in [5, 5.41) is 6.01. The Bertz CT molecular complexity index is 843. The van der Waals surface area contributed by atoms with Gasteiger partial charge in [-0.1, -0.05) is 46.3 Å². The first-order valence-electron chi connectivity index (χ1n) is 6.52. The van der Waals surface area contributed by atoms with Crippen LogP contribution in [0.15, 0.2) is 57.8 Å². The normalized spacial score (nSPS) is 11.0. The van der Waals surface area contributed by atoms with Gasteiger partial charge in [0.15, 0.2) is 0 Å². The van der Waals surface area contributed by atoms with Crippen molar-refractivity contribution in [3.05, 3.63) is 63.4 Å². The summed E-state index contributed by atoms with van der Waals surface area (Å²) in [6, 6.07) is 15.4. The highest BCUT2D eigenvalue weighted by Gasteiger charge is 2.11. The summed E-state index contributed by atoms with van der Waals surface area (Å²) in [7, 11) is 0. The Kier molecular flexibility index (Phi) is 4.08. The minimum absolute atomic E-state index is 0.105. The molecular weight excluding hydrogens is 352 g/mol. The monoisotopic (exact) mass is 362 g/mol. The van der Waals surface area contributed by atoms with Crippen LogP contribution in [-0.2, 0) is 6.54 Å². The zero-order valence-electron chi connectivity index (χ0n) is 11.1. The maximum Gasteiger partial charge on any atom is 0.274 e. The SMILES string of the molecule is O=c1c2ccccc2c(-c2ccc(Br)cc2)nn1CCCl. The molecule has 0 aliphatic heterocycles. The number of nitrogens with zero attached hydrogens (tertiary/aromatic N) is 2. The molecule has 5 heteroatoms. The average molecular weight is 364 g/mol. The number of alkyl halides is 1. The van der Waals surface area contributed by atoms with Gasteiger partial charge >= 0.3 is 0 Å². The van der Waals surface area contributed by atoms with E-state index < -0.39 is 0 Å². The van der Waals surface area contributed by atoms with Gasteiger partial charge in [0.2, 0.25) is 0 Å².